The van der Waals surface area contributed by atoms with Gasteiger partial charge in [-0.25, -0.2) is 0 Å². The van der Waals surface area contributed by atoms with Crippen molar-refractivity contribution in [3.05, 3.63) is 95.1 Å². The van der Waals surface area contributed by atoms with E-state index in [1.54, 1.807) is 77.7 Å². The standard InChI is InChI=1S/C22H15N3O2/c23-13-16-1-7-19(8-2-16)22(27)25(15-18-5-11-21(26)12-6-18)20-9-3-17(14-24)4-10-20/h1-12,26H,15H2. The molecule has 0 saturated carbocycles. The fourth-order valence-corrected chi connectivity index (χ4v) is 2.62. The molecule has 0 unspecified atom stereocenters. The molecule has 0 aliphatic rings. The third-order valence-electron chi connectivity index (χ3n) is 4.09. The lowest BCUT2D eigenvalue weighted by atomic mass is 10.1. The number of aromatic hydroxyl groups is 1. The van der Waals surface area contributed by atoms with E-state index in [0.29, 0.717) is 28.9 Å². The first-order valence-electron chi connectivity index (χ1n) is 8.21. The highest BCUT2D eigenvalue weighted by Crippen LogP contribution is 2.22. The number of amides is 1. The molecule has 27 heavy (non-hydrogen) atoms. The quantitative estimate of drug-likeness (QED) is 0.768. The van der Waals surface area contributed by atoms with Crippen molar-refractivity contribution in [3.63, 3.8) is 0 Å². The normalized spacial score (nSPS) is 9.85. The van der Waals surface area contributed by atoms with Gasteiger partial charge in [-0.3, -0.25) is 4.79 Å². The number of nitriles is 2. The van der Waals surface area contributed by atoms with Crippen LogP contribution in [0.5, 0.6) is 5.75 Å². The van der Waals surface area contributed by atoms with Crippen LogP contribution in [0.3, 0.4) is 0 Å². The molecular formula is C22H15N3O2. The maximum atomic E-state index is 13.1. The third-order valence-corrected chi connectivity index (χ3v) is 4.09. The highest BCUT2D eigenvalue weighted by atomic mass is 16.3. The van der Waals surface area contributed by atoms with Crippen molar-refractivity contribution in [1.82, 2.24) is 0 Å². The van der Waals surface area contributed by atoms with Crippen molar-refractivity contribution >= 4 is 11.6 Å². The summed E-state index contributed by atoms with van der Waals surface area (Å²) < 4.78 is 0. The Morgan fingerprint density at radius 3 is 1.85 bits per heavy atom. The molecule has 3 aromatic rings. The molecule has 1 N–H and O–H groups in total. The average Bonchev–Trinajstić information content (AvgIpc) is 2.73. The SMILES string of the molecule is N#Cc1ccc(C(=O)N(Cc2ccc(O)cc2)c2ccc(C#N)cc2)cc1. The Morgan fingerprint density at radius 2 is 1.33 bits per heavy atom. The number of hydrogen-bond donors (Lipinski definition) is 1. The smallest absolute Gasteiger partial charge is 0.258 e. The minimum absolute atomic E-state index is 0.155. The number of nitrogens with zero attached hydrogens (tertiary/aromatic N) is 3. The Kier molecular flexibility index (Phi) is 5.16. The van der Waals surface area contributed by atoms with Crippen LogP contribution >= 0.6 is 0 Å². The van der Waals surface area contributed by atoms with E-state index in [4.69, 9.17) is 10.5 Å². The Hall–Kier alpha value is -4.09. The van der Waals surface area contributed by atoms with Crippen molar-refractivity contribution < 1.29 is 9.90 Å². The van der Waals surface area contributed by atoms with Crippen LogP contribution in [0, 0.1) is 22.7 Å². The van der Waals surface area contributed by atoms with Crippen LogP contribution in [0.1, 0.15) is 27.0 Å². The fourth-order valence-electron chi connectivity index (χ4n) is 2.62. The van der Waals surface area contributed by atoms with Crippen LogP contribution in [0.2, 0.25) is 0 Å². The molecule has 3 aromatic carbocycles. The topological polar surface area (TPSA) is 88.1 Å². The molecule has 5 heteroatoms. The van der Waals surface area contributed by atoms with Gasteiger partial charge in [0.25, 0.3) is 5.91 Å². The summed E-state index contributed by atoms with van der Waals surface area (Å²) in [4.78, 5) is 14.7. The van der Waals surface area contributed by atoms with E-state index < -0.39 is 0 Å². The molecular weight excluding hydrogens is 338 g/mol. The van der Waals surface area contributed by atoms with Crippen molar-refractivity contribution in [2.24, 2.45) is 0 Å². The zero-order valence-electron chi connectivity index (χ0n) is 14.3. The van der Waals surface area contributed by atoms with Crippen LogP contribution in [0.4, 0.5) is 5.69 Å². The Balaban J connectivity index is 1.96. The first-order chi connectivity index (χ1) is 13.1. The van der Waals surface area contributed by atoms with Crippen LogP contribution in [0.15, 0.2) is 72.8 Å². The Morgan fingerprint density at radius 1 is 0.815 bits per heavy atom. The lowest BCUT2D eigenvalue weighted by Gasteiger charge is -2.23. The van der Waals surface area contributed by atoms with E-state index in [1.807, 2.05) is 6.07 Å². The van der Waals surface area contributed by atoms with E-state index in [9.17, 15) is 9.90 Å². The zero-order valence-corrected chi connectivity index (χ0v) is 14.3. The highest BCUT2D eigenvalue weighted by Gasteiger charge is 2.18. The van der Waals surface area contributed by atoms with Crippen LogP contribution in [-0.2, 0) is 6.54 Å². The van der Waals surface area contributed by atoms with E-state index in [-0.39, 0.29) is 11.7 Å². The lowest BCUT2D eigenvalue weighted by Crippen LogP contribution is -2.30. The van der Waals surface area contributed by atoms with Gasteiger partial charge in [-0.05, 0) is 66.2 Å². The molecule has 1 amide bonds. The molecule has 0 aliphatic carbocycles. The van der Waals surface area contributed by atoms with Gasteiger partial charge in [-0.2, -0.15) is 10.5 Å². The highest BCUT2D eigenvalue weighted by molar-refractivity contribution is 6.06. The number of anilines is 1. The summed E-state index contributed by atoms with van der Waals surface area (Å²) in [6, 6.07) is 23.9. The number of carbonyl (C=O) groups excluding carboxylic acids is 1. The number of phenols is 1. The summed E-state index contributed by atoms with van der Waals surface area (Å²) in [5.41, 5.74) is 2.94. The van der Waals surface area contributed by atoms with E-state index >= 15 is 0 Å². The first-order valence-corrected chi connectivity index (χ1v) is 8.21. The second-order valence-corrected chi connectivity index (χ2v) is 5.91. The number of benzene rings is 3. The zero-order chi connectivity index (χ0) is 19.2. The molecule has 0 spiro atoms. The van der Waals surface area contributed by atoms with Crippen LogP contribution in [-0.4, -0.2) is 11.0 Å². The summed E-state index contributed by atoms with van der Waals surface area (Å²) in [6.07, 6.45) is 0. The second kappa shape index (κ2) is 7.86. The summed E-state index contributed by atoms with van der Waals surface area (Å²) in [5.74, 6) is -0.0700. The van der Waals surface area contributed by atoms with Crippen molar-refractivity contribution in [2.45, 2.75) is 6.54 Å². The first kappa shape index (κ1) is 17.7. The number of hydrogen-bond acceptors (Lipinski definition) is 4. The van der Waals surface area contributed by atoms with Crippen molar-refractivity contribution in [3.8, 4) is 17.9 Å². The molecule has 3 rings (SSSR count). The van der Waals surface area contributed by atoms with Gasteiger partial charge in [-0.15, -0.1) is 0 Å². The van der Waals surface area contributed by atoms with Gasteiger partial charge in [0.1, 0.15) is 5.75 Å². The van der Waals surface area contributed by atoms with Gasteiger partial charge in [0.15, 0.2) is 0 Å². The molecule has 0 saturated heterocycles. The number of phenolic OH excluding ortho intramolecular Hbond substituents is 1. The number of rotatable bonds is 4. The molecule has 0 aromatic heterocycles. The van der Waals surface area contributed by atoms with Crippen LogP contribution in [0.25, 0.3) is 0 Å². The maximum Gasteiger partial charge on any atom is 0.258 e. The summed E-state index contributed by atoms with van der Waals surface area (Å²) in [7, 11) is 0. The van der Waals surface area contributed by atoms with Gasteiger partial charge < -0.3 is 10.0 Å². The minimum atomic E-state index is -0.225. The molecule has 0 heterocycles. The lowest BCUT2D eigenvalue weighted by molar-refractivity contribution is 0.0985. The second-order valence-electron chi connectivity index (χ2n) is 5.91. The Bertz CT molecular complexity index is 1030. The number of carbonyl (C=O) groups is 1. The molecule has 0 bridgehead atoms. The van der Waals surface area contributed by atoms with E-state index in [1.165, 1.54) is 0 Å². The predicted molar refractivity (Wildman–Crippen MR) is 101 cm³/mol. The van der Waals surface area contributed by atoms with E-state index in [0.717, 1.165) is 5.56 Å². The summed E-state index contributed by atoms with van der Waals surface area (Å²) >= 11 is 0. The predicted octanol–water partition coefficient (Wildman–Crippen LogP) is 3.98. The molecule has 0 radical (unpaired) electrons. The van der Waals surface area contributed by atoms with Gasteiger partial charge in [0.2, 0.25) is 0 Å². The van der Waals surface area contributed by atoms with Gasteiger partial charge in [0.05, 0.1) is 29.8 Å². The molecule has 0 aliphatic heterocycles. The summed E-state index contributed by atoms with van der Waals surface area (Å²) in [6.45, 7) is 0.297. The average molecular weight is 353 g/mol. The van der Waals surface area contributed by atoms with E-state index in [2.05, 4.69) is 6.07 Å². The van der Waals surface area contributed by atoms with Crippen molar-refractivity contribution in [2.75, 3.05) is 4.90 Å². The molecule has 130 valence electrons. The monoisotopic (exact) mass is 353 g/mol. The van der Waals surface area contributed by atoms with Gasteiger partial charge in [0, 0.05) is 11.3 Å². The minimum Gasteiger partial charge on any atom is -0.508 e. The fraction of sp³-hybridized carbons (Fsp3) is 0.0455. The van der Waals surface area contributed by atoms with Crippen LogP contribution < -0.4 is 4.90 Å². The molecule has 0 atom stereocenters. The third kappa shape index (κ3) is 4.12. The maximum absolute atomic E-state index is 13.1. The molecule has 0 fully saturated rings. The van der Waals surface area contributed by atoms with Gasteiger partial charge >= 0.3 is 0 Å². The summed E-state index contributed by atoms with van der Waals surface area (Å²) in [5, 5.41) is 27.4. The van der Waals surface area contributed by atoms with Gasteiger partial charge in [-0.1, -0.05) is 12.1 Å². The van der Waals surface area contributed by atoms with Crippen molar-refractivity contribution in [1.29, 1.82) is 10.5 Å². The molecule has 5 nitrogen and oxygen atoms in total. The Labute approximate surface area is 157 Å². The largest absolute Gasteiger partial charge is 0.508 e.